The summed E-state index contributed by atoms with van der Waals surface area (Å²) in [6.45, 7) is 4.34. The number of furan rings is 1. The molecule has 0 bridgehead atoms. The van der Waals surface area contributed by atoms with Gasteiger partial charge >= 0.3 is 5.97 Å². The Labute approximate surface area is 209 Å². The second-order valence-electron chi connectivity index (χ2n) is 8.83. The van der Waals surface area contributed by atoms with Gasteiger partial charge in [-0.15, -0.1) is 0 Å². The van der Waals surface area contributed by atoms with Gasteiger partial charge in [-0.3, -0.25) is 4.98 Å². The van der Waals surface area contributed by atoms with Crippen LogP contribution in [0.15, 0.2) is 89.5 Å². The number of thiocarbonyl (C=S) groups is 1. The van der Waals surface area contributed by atoms with Crippen molar-refractivity contribution in [3.63, 3.8) is 0 Å². The number of nitrogens with one attached hydrogen (secondary N) is 1. The number of nitrogens with zero attached hydrogens (tertiary/aromatic N) is 2. The average Bonchev–Trinajstić information content (AvgIpc) is 3.49. The Morgan fingerprint density at radius 2 is 1.77 bits per heavy atom. The molecule has 3 heterocycles. The number of carbonyl (C=O) groups is 1. The molecule has 1 fully saturated rings. The first-order valence-electron chi connectivity index (χ1n) is 11.5. The Hall–Kier alpha value is -3.97. The van der Waals surface area contributed by atoms with E-state index in [0.29, 0.717) is 16.8 Å². The number of pyridine rings is 1. The molecule has 176 valence electrons. The summed E-state index contributed by atoms with van der Waals surface area (Å²) in [5.41, 5.74) is 4.13. The van der Waals surface area contributed by atoms with Gasteiger partial charge in [0.25, 0.3) is 0 Å². The minimum Gasteiger partial charge on any atom is -0.478 e. The lowest BCUT2D eigenvalue weighted by molar-refractivity contribution is 0.0697. The normalized spacial score (nSPS) is 17.6. The first-order chi connectivity index (χ1) is 16.9. The lowest BCUT2D eigenvalue weighted by Gasteiger charge is -2.26. The van der Waals surface area contributed by atoms with Crippen LogP contribution in [0.25, 0.3) is 11.3 Å². The molecule has 0 unspecified atom stereocenters. The molecule has 1 aliphatic heterocycles. The molecule has 0 spiro atoms. The highest BCUT2D eigenvalue weighted by Gasteiger charge is 2.42. The largest absolute Gasteiger partial charge is 0.478 e. The molecule has 2 aromatic heterocycles. The molecule has 0 saturated carbocycles. The van der Waals surface area contributed by atoms with E-state index >= 15 is 0 Å². The van der Waals surface area contributed by atoms with Crippen LogP contribution in [-0.2, 0) is 0 Å². The summed E-state index contributed by atoms with van der Waals surface area (Å²) in [7, 11) is 0. The summed E-state index contributed by atoms with van der Waals surface area (Å²) in [6.07, 6.45) is 1.77. The molecule has 4 aromatic rings. The molecule has 35 heavy (non-hydrogen) atoms. The zero-order valence-corrected chi connectivity index (χ0v) is 20.2. The number of rotatable bonds is 6. The van der Waals surface area contributed by atoms with Gasteiger partial charge in [-0.1, -0.05) is 44.2 Å². The fourth-order valence-electron chi connectivity index (χ4n) is 4.39. The molecule has 1 saturated heterocycles. The predicted octanol–water partition coefficient (Wildman–Crippen LogP) is 6.34. The number of carboxylic acid groups (broad SMARTS) is 1. The molecule has 1 aliphatic rings. The second kappa shape index (κ2) is 9.35. The monoisotopic (exact) mass is 483 g/mol. The zero-order chi connectivity index (χ0) is 24.5. The van der Waals surface area contributed by atoms with Gasteiger partial charge in [0.05, 0.1) is 17.3 Å². The summed E-state index contributed by atoms with van der Waals surface area (Å²) >= 11 is 5.79. The van der Waals surface area contributed by atoms with E-state index in [2.05, 4.69) is 53.3 Å². The fraction of sp³-hybridized carbons (Fsp3) is 0.179. The molecule has 0 amide bonds. The highest BCUT2D eigenvalue weighted by molar-refractivity contribution is 7.80. The van der Waals surface area contributed by atoms with Gasteiger partial charge in [-0.25, -0.2) is 4.79 Å². The fourth-order valence-corrected chi connectivity index (χ4v) is 4.73. The standard InChI is InChI=1S/C28H25N3O3S/c1-17(2)18-10-12-21(13-11-18)31-26(25(30-28(31)35)22-5-3-4-16-29-22)24-15-14-23(34-24)19-6-8-20(9-7-19)27(32)33/h3-17,25-26H,1-2H3,(H,30,35)(H,32,33)/t25-,26-/m0/s1. The topological polar surface area (TPSA) is 78.6 Å². The summed E-state index contributed by atoms with van der Waals surface area (Å²) in [6, 6.07) is 24.3. The quantitative estimate of drug-likeness (QED) is 0.310. The van der Waals surface area contributed by atoms with Crippen molar-refractivity contribution in [2.45, 2.75) is 31.8 Å². The van der Waals surface area contributed by atoms with Crippen molar-refractivity contribution >= 4 is 29.0 Å². The van der Waals surface area contributed by atoms with E-state index < -0.39 is 5.97 Å². The average molecular weight is 484 g/mol. The third-order valence-corrected chi connectivity index (χ3v) is 6.59. The first kappa shape index (κ1) is 22.8. The second-order valence-corrected chi connectivity index (χ2v) is 9.21. The van der Waals surface area contributed by atoms with E-state index in [9.17, 15) is 9.90 Å². The number of anilines is 1. The van der Waals surface area contributed by atoms with Crippen LogP contribution in [0.5, 0.6) is 0 Å². The minimum absolute atomic E-state index is 0.207. The molecule has 0 radical (unpaired) electrons. The number of benzene rings is 2. The van der Waals surface area contributed by atoms with Crippen molar-refractivity contribution in [1.29, 1.82) is 0 Å². The Bertz CT molecular complexity index is 1350. The third-order valence-electron chi connectivity index (χ3n) is 6.27. The lowest BCUT2D eigenvalue weighted by Crippen LogP contribution is -2.29. The third kappa shape index (κ3) is 4.42. The number of aromatic carboxylic acids is 1. The Kier molecular flexibility index (Phi) is 6.09. The van der Waals surface area contributed by atoms with Crippen LogP contribution in [0.3, 0.4) is 0 Å². The molecule has 2 aromatic carbocycles. The van der Waals surface area contributed by atoms with E-state index in [0.717, 1.165) is 22.7 Å². The SMILES string of the molecule is CC(C)c1ccc(N2C(=S)N[C@@H](c3ccccn3)[C@@H]2c2ccc(-c3ccc(C(=O)O)cc3)o2)cc1. The van der Waals surface area contributed by atoms with Crippen molar-refractivity contribution in [3.05, 3.63) is 108 Å². The van der Waals surface area contributed by atoms with Crippen molar-refractivity contribution in [2.75, 3.05) is 4.90 Å². The van der Waals surface area contributed by atoms with E-state index in [1.807, 2.05) is 30.3 Å². The molecular formula is C28H25N3O3S. The van der Waals surface area contributed by atoms with E-state index in [-0.39, 0.29) is 17.6 Å². The number of hydrogen-bond acceptors (Lipinski definition) is 4. The molecule has 2 atom stereocenters. The maximum absolute atomic E-state index is 11.2. The van der Waals surface area contributed by atoms with Gasteiger partial charge in [-0.2, -0.15) is 0 Å². The maximum atomic E-state index is 11.2. The molecule has 0 aliphatic carbocycles. The van der Waals surface area contributed by atoms with Crippen molar-refractivity contribution < 1.29 is 14.3 Å². The van der Waals surface area contributed by atoms with Crippen LogP contribution < -0.4 is 10.2 Å². The molecule has 5 rings (SSSR count). The van der Waals surface area contributed by atoms with Crippen LogP contribution in [0, 0.1) is 0 Å². The van der Waals surface area contributed by atoms with Gasteiger partial charge < -0.3 is 19.7 Å². The van der Waals surface area contributed by atoms with E-state index in [4.69, 9.17) is 16.6 Å². The van der Waals surface area contributed by atoms with Crippen LogP contribution in [0.4, 0.5) is 5.69 Å². The summed E-state index contributed by atoms with van der Waals surface area (Å²) in [5.74, 6) is 0.868. The smallest absolute Gasteiger partial charge is 0.335 e. The lowest BCUT2D eigenvalue weighted by atomic mass is 10.0. The first-order valence-corrected chi connectivity index (χ1v) is 11.9. The van der Waals surface area contributed by atoms with Crippen molar-refractivity contribution in [3.8, 4) is 11.3 Å². The Morgan fingerprint density at radius 1 is 1.03 bits per heavy atom. The molecule has 2 N–H and O–H groups in total. The Balaban J connectivity index is 1.55. The molecule has 7 heteroatoms. The number of hydrogen-bond donors (Lipinski definition) is 2. The molecular weight excluding hydrogens is 458 g/mol. The minimum atomic E-state index is -0.959. The highest BCUT2D eigenvalue weighted by Crippen LogP contribution is 2.43. The number of aromatic nitrogens is 1. The van der Waals surface area contributed by atoms with Crippen LogP contribution in [-0.4, -0.2) is 21.2 Å². The van der Waals surface area contributed by atoms with Gasteiger partial charge in [-0.05, 0) is 72.2 Å². The summed E-state index contributed by atoms with van der Waals surface area (Å²) < 4.78 is 6.35. The molecule has 6 nitrogen and oxygen atoms in total. The Morgan fingerprint density at radius 3 is 2.40 bits per heavy atom. The predicted molar refractivity (Wildman–Crippen MR) is 140 cm³/mol. The maximum Gasteiger partial charge on any atom is 0.335 e. The summed E-state index contributed by atoms with van der Waals surface area (Å²) in [4.78, 5) is 17.9. The summed E-state index contributed by atoms with van der Waals surface area (Å²) in [5, 5.41) is 13.2. The van der Waals surface area contributed by atoms with E-state index in [1.54, 1.807) is 30.5 Å². The van der Waals surface area contributed by atoms with Gasteiger partial charge in [0.2, 0.25) is 0 Å². The van der Waals surface area contributed by atoms with Gasteiger partial charge in [0.1, 0.15) is 17.6 Å². The highest BCUT2D eigenvalue weighted by atomic mass is 32.1. The number of carboxylic acids is 1. The van der Waals surface area contributed by atoms with Gasteiger partial charge in [0.15, 0.2) is 5.11 Å². The van der Waals surface area contributed by atoms with Gasteiger partial charge in [0, 0.05) is 17.4 Å². The van der Waals surface area contributed by atoms with Crippen LogP contribution in [0.1, 0.15) is 59.2 Å². The van der Waals surface area contributed by atoms with Crippen LogP contribution >= 0.6 is 12.2 Å². The van der Waals surface area contributed by atoms with E-state index in [1.165, 1.54) is 5.56 Å². The van der Waals surface area contributed by atoms with Crippen molar-refractivity contribution in [1.82, 2.24) is 10.3 Å². The zero-order valence-electron chi connectivity index (χ0n) is 19.4. The van der Waals surface area contributed by atoms with Crippen LogP contribution in [0.2, 0.25) is 0 Å². The van der Waals surface area contributed by atoms with Crippen molar-refractivity contribution in [2.24, 2.45) is 0 Å².